The molecular formula is C21H28N4O2. The number of benzene rings is 1. The number of amides is 2. The van der Waals surface area contributed by atoms with Crippen LogP contribution in [0.1, 0.15) is 40.2 Å². The summed E-state index contributed by atoms with van der Waals surface area (Å²) in [5, 5.41) is 3.16. The molecule has 3 rings (SSSR count). The number of aryl methyl sites for hydroxylation is 2. The maximum absolute atomic E-state index is 12.9. The van der Waals surface area contributed by atoms with E-state index in [0.29, 0.717) is 0 Å². The first-order valence-corrected chi connectivity index (χ1v) is 9.43. The molecule has 144 valence electrons. The minimum atomic E-state index is -0.305. The van der Waals surface area contributed by atoms with Crippen molar-refractivity contribution in [3.8, 4) is 5.69 Å². The molecule has 0 saturated carbocycles. The Bertz CT molecular complexity index is 848. The zero-order valence-electron chi connectivity index (χ0n) is 16.3. The van der Waals surface area contributed by atoms with Crippen LogP contribution in [0, 0.1) is 20.8 Å². The average Bonchev–Trinajstić information content (AvgIpc) is 2.91. The summed E-state index contributed by atoms with van der Waals surface area (Å²) in [5.74, 6) is -0.336. The van der Waals surface area contributed by atoms with Crippen LogP contribution < -0.4 is 11.1 Å². The normalized spacial score (nSPS) is 15.7. The highest BCUT2D eigenvalue weighted by Gasteiger charge is 2.24. The molecule has 2 amide bonds. The third kappa shape index (κ3) is 4.22. The third-order valence-corrected chi connectivity index (χ3v) is 5.33. The number of carbonyl (C=O) groups is 2. The van der Waals surface area contributed by atoms with Gasteiger partial charge in [-0.2, -0.15) is 0 Å². The molecule has 6 heteroatoms. The van der Waals surface area contributed by atoms with Gasteiger partial charge < -0.3 is 15.6 Å². The molecule has 0 unspecified atom stereocenters. The van der Waals surface area contributed by atoms with Gasteiger partial charge in [-0.05, 0) is 51.3 Å². The summed E-state index contributed by atoms with van der Waals surface area (Å²) in [7, 11) is 0. The number of para-hydroxylation sites is 1. The van der Waals surface area contributed by atoms with Crippen molar-refractivity contribution in [3.05, 3.63) is 52.8 Å². The lowest BCUT2D eigenvalue weighted by Crippen LogP contribution is -2.46. The summed E-state index contributed by atoms with van der Waals surface area (Å²) in [4.78, 5) is 25.9. The predicted molar refractivity (Wildman–Crippen MR) is 106 cm³/mol. The molecule has 3 N–H and O–H groups in total. The van der Waals surface area contributed by atoms with E-state index in [1.165, 1.54) is 5.56 Å². The second-order valence-electron chi connectivity index (χ2n) is 7.40. The molecule has 27 heavy (non-hydrogen) atoms. The quantitative estimate of drug-likeness (QED) is 0.848. The second-order valence-corrected chi connectivity index (χ2v) is 7.40. The Labute approximate surface area is 160 Å². The molecule has 2 heterocycles. The van der Waals surface area contributed by atoms with Crippen LogP contribution >= 0.6 is 0 Å². The molecular weight excluding hydrogens is 340 g/mol. The van der Waals surface area contributed by atoms with E-state index in [2.05, 4.69) is 28.9 Å². The van der Waals surface area contributed by atoms with Crippen molar-refractivity contribution in [3.63, 3.8) is 0 Å². The van der Waals surface area contributed by atoms with Gasteiger partial charge in [0, 0.05) is 36.2 Å². The molecule has 0 bridgehead atoms. The Morgan fingerprint density at radius 2 is 1.81 bits per heavy atom. The van der Waals surface area contributed by atoms with Gasteiger partial charge in [-0.3, -0.25) is 14.5 Å². The zero-order chi connectivity index (χ0) is 19.6. The highest BCUT2D eigenvalue weighted by Crippen LogP contribution is 2.23. The lowest BCUT2D eigenvalue weighted by Gasteiger charge is -2.31. The first-order valence-electron chi connectivity index (χ1n) is 9.43. The molecule has 0 spiro atoms. The molecule has 1 aliphatic heterocycles. The summed E-state index contributed by atoms with van der Waals surface area (Å²) in [6.45, 7) is 7.93. The van der Waals surface area contributed by atoms with Crippen LogP contribution in [0.2, 0.25) is 0 Å². The summed E-state index contributed by atoms with van der Waals surface area (Å²) in [6.07, 6.45) is 1.66. The van der Waals surface area contributed by atoms with Crippen LogP contribution in [-0.4, -0.2) is 47.0 Å². The van der Waals surface area contributed by atoms with Crippen molar-refractivity contribution < 1.29 is 9.59 Å². The lowest BCUT2D eigenvalue weighted by atomic mass is 10.0. The van der Waals surface area contributed by atoms with E-state index in [0.717, 1.165) is 48.6 Å². The molecule has 1 aliphatic rings. The molecule has 6 nitrogen and oxygen atoms in total. The number of primary amides is 1. The number of likely N-dealkylation sites (tertiary alicyclic amines) is 1. The zero-order valence-corrected chi connectivity index (χ0v) is 16.3. The van der Waals surface area contributed by atoms with Crippen molar-refractivity contribution in [2.75, 3.05) is 19.6 Å². The van der Waals surface area contributed by atoms with Gasteiger partial charge in [0.1, 0.15) is 0 Å². The van der Waals surface area contributed by atoms with Crippen molar-refractivity contribution in [2.45, 2.75) is 39.7 Å². The van der Waals surface area contributed by atoms with E-state index in [4.69, 9.17) is 5.73 Å². The Kier molecular flexibility index (Phi) is 5.65. The number of nitrogens with zero attached hydrogens (tertiary/aromatic N) is 2. The molecule has 1 saturated heterocycles. The fourth-order valence-corrected chi connectivity index (χ4v) is 3.90. The Hall–Kier alpha value is -2.60. The summed E-state index contributed by atoms with van der Waals surface area (Å²) < 4.78 is 2.14. The fraction of sp³-hybridized carbons (Fsp3) is 0.429. The Morgan fingerprint density at radius 1 is 1.15 bits per heavy atom. The number of nitrogens with two attached hydrogens (primary N) is 1. The van der Waals surface area contributed by atoms with Gasteiger partial charge in [0.2, 0.25) is 5.91 Å². The van der Waals surface area contributed by atoms with E-state index < -0.39 is 0 Å². The second kappa shape index (κ2) is 7.96. The van der Waals surface area contributed by atoms with E-state index in [-0.39, 0.29) is 24.4 Å². The highest BCUT2D eigenvalue weighted by molar-refractivity contribution is 5.96. The number of carbonyl (C=O) groups excluding carboxylic acids is 2. The van der Waals surface area contributed by atoms with Crippen molar-refractivity contribution in [2.24, 2.45) is 5.73 Å². The van der Waals surface area contributed by atoms with Gasteiger partial charge in [0.25, 0.3) is 5.91 Å². The van der Waals surface area contributed by atoms with Crippen LogP contribution in [0.3, 0.4) is 0 Å². The smallest absolute Gasteiger partial charge is 0.253 e. The van der Waals surface area contributed by atoms with Gasteiger partial charge in [0.15, 0.2) is 0 Å². The Balaban J connectivity index is 1.71. The van der Waals surface area contributed by atoms with Crippen molar-refractivity contribution >= 4 is 11.8 Å². The predicted octanol–water partition coefficient (Wildman–Crippen LogP) is 2.08. The number of rotatable bonds is 5. The molecule has 0 atom stereocenters. The average molecular weight is 368 g/mol. The third-order valence-electron chi connectivity index (χ3n) is 5.33. The van der Waals surface area contributed by atoms with E-state index in [9.17, 15) is 9.59 Å². The monoisotopic (exact) mass is 368 g/mol. The maximum Gasteiger partial charge on any atom is 0.253 e. The lowest BCUT2D eigenvalue weighted by molar-refractivity contribution is -0.119. The summed E-state index contributed by atoms with van der Waals surface area (Å²) in [6, 6.07) is 10.3. The molecule has 2 aromatic rings. The number of nitrogens with one attached hydrogen (secondary N) is 1. The minimum Gasteiger partial charge on any atom is -0.369 e. The molecule has 1 aromatic heterocycles. The first-order chi connectivity index (χ1) is 12.9. The van der Waals surface area contributed by atoms with E-state index in [1.807, 2.05) is 36.9 Å². The van der Waals surface area contributed by atoms with Crippen LogP contribution in [-0.2, 0) is 4.79 Å². The number of hydrogen-bond acceptors (Lipinski definition) is 3. The van der Waals surface area contributed by atoms with Crippen molar-refractivity contribution in [1.82, 2.24) is 14.8 Å². The minimum absolute atomic E-state index is 0.0312. The number of piperidine rings is 1. The van der Waals surface area contributed by atoms with Crippen LogP contribution in [0.15, 0.2) is 30.3 Å². The topological polar surface area (TPSA) is 80.4 Å². The molecule has 0 radical (unpaired) electrons. The highest BCUT2D eigenvalue weighted by atomic mass is 16.2. The van der Waals surface area contributed by atoms with Gasteiger partial charge in [-0.25, -0.2) is 0 Å². The van der Waals surface area contributed by atoms with Crippen molar-refractivity contribution in [1.29, 1.82) is 0 Å². The number of hydrogen-bond donors (Lipinski definition) is 2. The van der Waals surface area contributed by atoms with E-state index >= 15 is 0 Å². The van der Waals surface area contributed by atoms with Crippen LogP contribution in [0.5, 0.6) is 0 Å². The van der Waals surface area contributed by atoms with Gasteiger partial charge in [0.05, 0.1) is 12.1 Å². The van der Waals surface area contributed by atoms with Crippen LogP contribution in [0.25, 0.3) is 5.69 Å². The van der Waals surface area contributed by atoms with E-state index in [1.54, 1.807) is 0 Å². The van der Waals surface area contributed by atoms with Gasteiger partial charge in [-0.15, -0.1) is 0 Å². The summed E-state index contributed by atoms with van der Waals surface area (Å²) in [5.41, 5.74) is 10.2. The molecule has 1 fully saturated rings. The van der Waals surface area contributed by atoms with Crippen LogP contribution in [0.4, 0.5) is 0 Å². The van der Waals surface area contributed by atoms with Gasteiger partial charge >= 0.3 is 0 Å². The molecule has 1 aromatic carbocycles. The largest absolute Gasteiger partial charge is 0.369 e. The number of aromatic nitrogens is 1. The maximum atomic E-state index is 12.9. The summed E-state index contributed by atoms with van der Waals surface area (Å²) >= 11 is 0. The molecule has 0 aliphatic carbocycles. The standard InChI is InChI=1S/C21H28N4O2/c1-14-6-4-5-7-19(14)25-15(2)12-18(16(25)3)21(27)23-17-8-10-24(11-9-17)13-20(22)26/h4-7,12,17H,8-11,13H2,1-3H3,(H2,22,26)(H,23,27). The fourth-order valence-electron chi connectivity index (χ4n) is 3.90. The first kappa shape index (κ1) is 19.2. The Morgan fingerprint density at radius 3 is 2.44 bits per heavy atom. The SMILES string of the molecule is Cc1ccccc1-n1c(C)cc(C(=O)NC2CCN(CC(N)=O)CC2)c1C. The van der Waals surface area contributed by atoms with Gasteiger partial charge in [-0.1, -0.05) is 18.2 Å².